The van der Waals surface area contributed by atoms with Crippen LogP contribution in [-0.4, -0.2) is 55.3 Å². The fourth-order valence-electron chi connectivity index (χ4n) is 3.73. The SMILES string of the molecule is CS(=O)(=O)c1cnc([C@H]2CC[C@H](OCC3CCN(C#N)CC3)CC2)cn1. The molecule has 0 bridgehead atoms. The highest BCUT2D eigenvalue weighted by Crippen LogP contribution is 2.33. The molecule has 0 amide bonds. The molecule has 0 atom stereocenters. The zero-order valence-corrected chi connectivity index (χ0v) is 16.0. The molecule has 2 fully saturated rings. The molecular weight excluding hydrogens is 352 g/mol. The largest absolute Gasteiger partial charge is 0.378 e. The van der Waals surface area contributed by atoms with Gasteiger partial charge in [0.05, 0.1) is 24.2 Å². The van der Waals surface area contributed by atoms with Crippen LogP contribution in [0.4, 0.5) is 0 Å². The minimum Gasteiger partial charge on any atom is -0.378 e. The second-order valence-corrected chi connectivity index (χ2v) is 9.35. The third-order valence-corrected chi connectivity index (χ3v) is 6.41. The zero-order valence-electron chi connectivity index (χ0n) is 15.2. The minimum absolute atomic E-state index is 0.0284. The summed E-state index contributed by atoms with van der Waals surface area (Å²) in [7, 11) is -3.30. The Morgan fingerprint density at radius 3 is 2.38 bits per heavy atom. The number of likely N-dealkylation sites (tertiary alicyclic amines) is 1. The second-order valence-electron chi connectivity index (χ2n) is 7.39. The van der Waals surface area contributed by atoms with Crippen molar-refractivity contribution in [1.82, 2.24) is 14.9 Å². The van der Waals surface area contributed by atoms with Crippen molar-refractivity contribution in [3.63, 3.8) is 0 Å². The lowest BCUT2D eigenvalue weighted by Crippen LogP contribution is -2.33. The predicted molar refractivity (Wildman–Crippen MR) is 96.0 cm³/mol. The van der Waals surface area contributed by atoms with Crippen LogP contribution in [0.2, 0.25) is 0 Å². The van der Waals surface area contributed by atoms with Gasteiger partial charge in [-0.25, -0.2) is 13.4 Å². The fourth-order valence-corrected chi connectivity index (χ4v) is 4.21. The van der Waals surface area contributed by atoms with Crippen molar-refractivity contribution in [2.24, 2.45) is 5.92 Å². The number of hydrogen-bond acceptors (Lipinski definition) is 7. The molecule has 7 nitrogen and oxygen atoms in total. The average molecular weight is 378 g/mol. The molecule has 1 aliphatic heterocycles. The van der Waals surface area contributed by atoms with Crippen LogP contribution in [-0.2, 0) is 14.6 Å². The van der Waals surface area contributed by atoms with Crippen LogP contribution in [0.15, 0.2) is 17.4 Å². The summed E-state index contributed by atoms with van der Waals surface area (Å²) in [6.45, 7) is 2.48. The topological polar surface area (TPSA) is 96.2 Å². The molecule has 0 N–H and O–H groups in total. The summed E-state index contributed by atoms with van der Waals surface area (Å²) < 4.78 is 29.0. The maximum atomic E-state index is 11.5. The zero-order chi connectivity index (χ0) is 18.6. The first-order chi connectivity index (χ1) is 12.5. The number of ether oxygens (including phenoxy) is 1. The average Bonchev–Trinajstić information content (AvgIpc) is 2.66. The van der Waals surface area contributed by atoms with Gasteiger partial charge >= 0.3 is 0 Å². The first-order valence-corrected chi connectivity index (χ1v) is 11.1. The van der Waals surface area contributed by atoms with E-state index in [4.69, 9.17) is 10.00 Å². The van der Waals surface area contributed by atoms with E-state index in [1.54, 1.807) is 6.20 Å². The number of nitrogens with zero attached hydrogens (tertiary/aromatic N) is 4. The number of sulfone groups is 1. The van der Waals surface area contributed by atoms with E-state index >= 15 is 0 Å². The van der Waals surface area contributed by atoms with Crippen molar-refractivity contribution >= 4 is 9.84 Å². The molecular formula is C18H26N4O3S. The van der Waals surface area contributed by atoms with Crippen molar-refractivity contribution in [3.8, 4) is 6.19 Å². The first kappa shape index (κ1) is 19.1. The van der Waals surface area contributed by atoms with E-state index in [-0.39, 0.29) is 5.03 Å². The van der Waals surface area contributed by atoms with Gasteiger partial charge in [-0.1, -0.05) is 0 Å². The summed E-state index contributed by atoms with van der Waals surface area (Å²) >= 11 is 0. The molecule has 1 saturated heterocycles. The Morgan fingerprint density at radius 2 is 1.85 bits per heavy atom. The normalized spacial score (nSPS) is 25.0. The highest BCUT2D eigenvalue weighted by molar-refractivity contribution is 7.90. The predicted octanol–water partition coefficient (Wildman–Crippen LogP) is 2.12. The van der Waals surface area contributed by atoms with E-state index in [1.165, 1.54) is 6.20 Å². The van der Waals surface area contributed by atoms with Gasteiger partial charge in [0.25, 0.3) is 0 Å². The third-order valence-electron chi connectivity index (χ3n) is 5.44. The molecule has 0 aromatic carbocycles. The molecule has 1 saturated carbocycles. The van der Waals surface area contributed by atoms with Gasteiger partial charge in [-0.15, -0.1) is 0 Å². The molecule has 1 aliphatic carbocycles. The lowest BCUT2D eigenvalue weighted by atomic mass is 9.85. The Bertz CT molecular complexity index is 729. The molecule has 142 valence electrons. The summed E-state index contributed by atoms with van der Waals surface area (Å²) in [5, 5.41) is 8.92. The van der Waals surface area contributed by atoms with Gasteiger partial charge in [0.1, 0.15) is 0 Å². The van der Waals surface area contributed by atoms with Crippen molar-refractivity contribution in [3.05, 3.63) is 18.1 Å². The van der Waals surface area contributed by atoms with Crippen LogP contribution in [0.1, 0.15) is 50.1 Å². The smallest absolute Gasteiger partial charge is 0.194 e. The maximum Gasteiger partial charge on any atom is 0.194 e. The molecule has 0 radical (unpaired) electrons. The molecule has 1 aromatic heterocycles. The minimum atomic E-state index is -3.30. The Labute approximate surface area is 155 Å². The van der Waals surface area contributed by atoms with Crippen molar-refractivity contribution in [2.45, 2.75) is 55.6 Å². The standard InChI is InChI=1S/C18H26N4O3S/c1-26(23,24)18-11-20-17(10-21-18)15-2-4-16(5-3-15)25-12-14-6-8-22(13-19)9-7-14/h10-11,14-16H,2-9,12H2,1H3/t15-,16-. The van der Waals surface area contributed by atoms with Gasteiger partial charge < -0.3 is 9.64 Å². The summed E-state index contributed by atoms with van der Waals surface area (Å²) in [6, 6.07) is 0. The number of nitriles is 1. The van der Waals surface area contributed by atoms with E-state index in [1.807, 2.05) is 4.90 Å². The van der Waals surface area contributed by atoms with Gasteiger partial charge in [0, 0.05) is 31.9 Å². The number of hydrogen-bond donors (Lipinski definition) is 0. The van der Waals surface area contributed by atoms with Crippen LogP contribution < -0.4 is 0 Å². The molecule has 0 unspecified atom stereocenters. The van der Waals surface area contributed by atoms with Crippen LogP contribution in [0.5, 0.6) is 0 Å². The number of rotatable bonds is 5. The van der Waals surface area contributed by atoms with Crippen LogP contribution in [0.25, 0.3) is 0 Å². The molecule has 26 heavy (non-hydrogen) atoms. The summed E-state index contributed by atoms with van der Waals surface area (Å²) in [6.07, 6.45) is 12.7. The van der Waals surface area contributed by atoms with Gasteiger partial charge in [0.2, 0.25) is 0 Å². The lowest BCUT2D eigenvalue weighted by molar-refractivity contribution is -0.00489. The molecule has 0 spiro atoms. The van der Waals surface area contributed by atoms with E-state index in [0.717, 1.165) is 70.2 Å². The Hall–Kier alpha value is -1.72. The van der Waals surface area contributed by atoms with Gasteiger partial charge in [-0.3, -0.25) is 4.98 Å². The fraction of sp³-hybridized carbons (Fsp3) is 0.722. The van der Waals surface area contributed by atoms with Crippen LogP contribution in [0, 0.1) is 17.4 Å². The quantitative estimate of drug-likeness (QED) is 0.724. The summed E-state index contributed by atoms with van der Waals surface area (Å²) in [5.74, 6) is 0.890. The summed E-state index contributed by atoms with van der Waals surface area (Å²) in [4.78, 5) is 10.2. The third kappa shape index (κ3) is 4.92. The van der Waals surface area contributed by atoms with E-state index in [0.29, 0.717) is 17.9 Å². The highest BCUT2D eigenvalue weighted by Gasteiger charge is 2.26. The maximum absolute atomic E-state index is 11.5. The van der Waals surface area contributed by atoms with E-state index < -0.39 is 9.84 Å². The molecule has 3 rings (SSSR count). The molecule has 2 heterocycles. The van der Waals surface area contributed by atoms with E-state index in [2.05, 4.69) is 16.2 Å². The molecule has 2 aliphatic rings. The highest BCUT2D eigenvalue weighted by atomic mass is 32.2. The van der Waals surface area contributed by atoms with Gasteiger partial charge in [0.15, 0.2) is 21.1 Å². The van der Waals surface area contributed by atoms with Crippen molar-refractivity contribution in [1.29, 1.82) is 5.26 Å². The van der Waals surface area contributed by atoms with Gasteiger partial charge in [-0.2, -0.15) is 5.26 Å². The molecule has 8 heteroatoms. The number of aromatic nitrogens is 2. The first-order valence-electron chi connectivity index (χ1n) is 9.24. The molecule has 1 aromatic rings. The second kappa shape index (κ2) is 8.31. The van der Waals surface area contributed by atoms with Crippen LogP contribution in [0.3, 0.4) is 0 Å². The van der Waals surface area contributed by atoms with Crippen molar-refractivity contribution in [2.75, 3.05) is 26.0 Å². The number of piperidine rings is 1. The van der Waals surface area contributed by atoms with Crippen molar-refractivity contribution < 1.29 is 13.2 Å². The van der Waals surface area contributed by atoms with Gasteiger partial charge in [-0.05, 0) is 44.4 Å². The lowest BCUT2D eigenvalue weighted by Gasteiger charge is -2.32. The Morgan fingerprint density at radius 1 is 1.15 bits per heavy atom. The monoisotopic (exact) mass is 378 g/mol. The van der Waals surface area contributed by atoms with Crippen LogP contribution >= 0.6 is 0 Å². The summed E-state index contributed by atoms with van der Waals surface area (Å²) in [5.41, 5.74) is 0.875. The van der Waals surface area contributed by atoms with E-state index in [9.17, 15) is 8.42 Å². The Balaban J connectivity index is 1.42. The Kier molecular flexibility index (Phi) is 6.09.